The smallest absolute Gasteiger partial charge is 0.119 e. The van der Waals surface area contributed by atoms with Gasteiger partial charge in [-0.05, 0) is 98.7 Å². The molecule has 200 valence electrons. The molecule has 37 heavy (non-hydrogen) atoms. The Balaban J connectivity index is 1.34. The highest BCUT2D eigenvalue weighted by Gasteiger charge is 2.21. The molecular formula is C36H50O. The zero-order chi connectivity index (χ0) is 26.0. The first-order chi connectivity index (χ1) is 18.3. The van der Waals surface area contributed by atoms with E-state index in [0.29, 0.717) is 0 Å². The number of benzene rings is 2. The summed E-state index contributed by atoms with van der Waals surface area (Å²) in [4.78, 5) is 0. The molecule has 1 saturated carbocycles. The Bertz CT molecular complexity index is 919. The van der Waals surface area contributed by atoms with Gasteiger partial charge in [0.1, 0.15) is 5.75 Å². The Morgan fingerprint density at radius 1 is 0.730 bits per heavy atom. The van der Waals surface area contributed by atoms with Gasteiger partial charge < -0.3 is 4.74 Å². The minimum atomic E-state index is 0.733. The highest BCUT2D eigenvalue weighted by Crippen LogP contribution is 2.37. The average Bonchev–Trinajstić information content (AvgIpc) is 2.94. The zero-order valence-electron chi connectivity index (χ0n) is 23.5. The Morgan fingerprint density at radius 2 is 1.32 bits per heavy atom. The fraction of sp³-hybridized carbons (Fsp3) is 0.556. The van der Waals surface area contributed by atoms with Crippen molar-refractivity contribution in [2.45, 2.75) is 116 Å². The van der Waals surface area contributed by atoms with Gasteiger partial charge in [0, 0.05) is 11.1 Å². The summed E-state index contributed by atoms with van der Waals surface area (Å²) in [5.74, 6) is 9.28. The van der Waals surface area contributed by atoms with Gasteiger partial charge in [0.05, 0.1) is 6.61 Å². The van der Waals surface area contributed by atoms with Crippen molar-refractivity contribution in [1.29, 1.82) is 0 Å². The van der Waals surface area contributed by atoms with E-state index in [1.54, 1.807) is 0 Å². The van der Waals surface area contributed by atoms with Crippen molar-refractivity contribution in [1.82, 2.24) is 0 Å². The van der Waals surface area contributed by atoms with E-state index in [4.69, 9.17) is 4.74 Å². The number of hydrogen-bond acceptors (Lipinski definition) is 1. The van der Waals surface area contributed by atoms with Crippen LogP contribution in [0.3, 0.4) is 0 Å². The summed E-state index contributed by atoms with van der Waals surface area (Å²) >= 11 is 0. The first-order valence-corrected chi connectivity index (χ1v) is 15.2. The molecule has 0 aromatic heterocycles. The highest BCUT2D eigenvalue weighted by molar-refractivity contribution is 5.45. The molecule has 0 atom stereocenters. The summed E-state index contributed by atoms with van der Waals surface area (Å²) in [6.07, 6.45) is 23.4. The molecule has 0 saturated heterocycles. The van der Waals surface area contributed by atoms with Crippen LogP contribution in [-0.2, 0) is 0 Å². The Morgan fingerprint density at radius 3 is 2.00 bits per heavy atom. The Labute approximate surface area is 228 Å². The standard InChI is InChI=1S/C36H50O/c1-3-5-7-9-10-11-13-15-31-18-24-34(25-19-31)35-26-20-32(21-27-35)16-17-33-22-28-36(29-23-33)37-30-14-12-8-6-4-2/h3,20-23,26-29,31,34H,1,4-15,18-19,24-25,30H2,2H3. The predicted molar refractivity (Wildman–Crippen MR) is 160 cm³/mol. The third-order valence-electron chi connectivity index (χ3n) is 7.97. The molecule has 0 amide bonds. The van der Waals surface area contributed by atoms with Crippen LogP contribution in [0.1, 0.15) is 132 Å². The summed E-state index contributed by atoms with van der Waals surface area (Å²) in [6.45, 7) is 6.87. The van der Waals surface area contributed by atoms with Crippen LogP contribution in [0.4, 0.5) is 0 Å². The van der Waals surface area contributed by atoms with Crippen molar-refractivity contribution < 1.29 is 4.74 Å². The minimum Gasteiger partial charge on any atom is -0.494 e. The molecular weight excluding hydrogens is 448 g/mol. The van der Waals surface area contributed by atoms with E-state index in [-0.39, 0.29) is 0 Å². The number of ether oxygens (including phenoxy) is 1. The average molecular weight is 499 g/mol. The van der Waals surface area contributed by atoms with Gasteiger partial charge in [0.25, 0.3) is 0 Å². The summed E-state index contributed by atoms with van der Waals surface area (Å²) in [5, 5.41) is 0. The maximum Gasteiger partial charge on any atom is 0.119 e. The molecule has 1 heteroatoms. The van der Waals surface area contributed by atoms with Gasteiger partial charge >= 0.3 is 0 Å². The van der Waals surface area contributed by atoms with Crippen LogP contribution in [0, 0.1) is 17.8 Å². The van der Waals surface area contributed by atoms with Gasteiger partial charge in [-0.15, -0.1) is 6.58 Å². The second kappa shape index (κ2) is 17.9. The van der Waals surface area contributed by atoms with E-state index in [1.165, 1.54) is 102 Å². The predicted octanol–water partition coefficient (Wildman–Crippen LogP) is 10.6. The number of hydrogen-bond donors (Lipinski definition) is 0. The van der Waals surface area contributed by atoms with E-state index in [1.807, 2.05) is 18.2 Å². The van der Waals surface area contributed by atoms with Gasteiger partial charge in [-0.2, -0.15) is 0 Å². The molecule has 1 aliphatic carbocycles. The van der Waals surface area contributed by atoms with Crippen molar-refractivity contribution in [3.63, 3.8) is 0 Å². The molecule has 2 aromatic carbocycles. The van der Waals surface area contributed by atoms with Crippen molar-refractivity contribution in [2.75, 3.05) is 6.61 Å². The lowest BCUT2D eigenvalue weighted by Gasteiger charge is -2.29. The van der Waals surface area contributed by atoms with Crippen LogP contribution in [-0.4, -0.2) is 6.61 Å². The highest BCUT2D eigenvalue weighted by atomic mass is 16.5. The SMILES string of the molecule is C=CCCCCCCCC1CCC(c2ccc(C#Cc3ccc(OCCCCCCC)cc3)cc2)CC1. The lowest BCUT2D eigenvalue weighted by atomic mass is 9.77. The topological polar surface area (TPSA) is 9.23 Å². The molecule has 0 spiro atoms. The maximum absolute atomic E-state index is 5.87. The molecule has 0 N–H and O–H groups in total. The van der Waals surface area contributed by atoms with Crippen molar-refractivity contribution >= 4 is 0 Å². The van der Waals surface area contributed by atoms with Crippen LogP contribution in [0.2, 0.25) is 0 Å². The second-order valence-corrected chi connectivity index (χ2v) is 11.0. The van der Waals surface area contributed by atoms with Crippen molar-refractivity contribution in [2.24, 2.45) is 5.92 Å². The van der Waals surface area contributed by atoms with E-state index in [2.05, 4.69) is 61.7 Å². The van der Waals surface area contributed by atoms with Crippen molar-refractivity contribution in [3.8, 4) is 17.6 Å². The quantitative estimate of drug-likeness (QED) is 0.127. The van der Waals surface area contributed by atoms with Gasteiger partial charge in [0.2, 0.25) is 0 Å². The van der Waals surface area contributed by atoms with E-state index in [9.17, 15) is 0 Å². The van der Waals surface area contributed by atoms with Crippen LogP contribution in [0.15, 0.2) is 61.2 Å². The van der Waals surface area contributed by atoms with Gasteiger partial charge in [0.15, 0.2) is 0 Å². The molecule has 0 heterocycles. The first-order valence-electron chi connectivity index (χ1n) is 15.2. The lowest BCUT2D eigenvalue weighted by Crippen LogP contribution is -2.13. The minimum absolute atomic E-state index is 0.733. The summed E-state index contributed by atoms with van der Waals surface area (Å²) in [7, 11) is 0. The molecule has 0 radical (unpaired) electrons. The summed E-state index contributed by atoms with van der Waals surface area (Å²) in [5.41, 5.74) is 3.63. The monoisotopic (exact) mass is 498 g/mol. The molecule has 1 fully saturated rings. The number of rotatable bonds is 16. The van der Waals surface area contributed by atoms with Crippen LogP contribution >= 0.6 is 0 Å². The zero-order valence-corrected chi connectivity index (χ0v) is 23.5. The van der Waals surface area contributed by atoms with E-state index < -0.39 is 0 Å². The third kappa shape index (κ3) is 11.6. The first kappa shape index (κ1) is 29.1. The summed E-state index contributed by atoms with van der Waals surface area (Å²) < 4.78 is 5.87. The Hall–Kier alpha value is -2.46. The van der Waals surface area contributed by atoms with Gasteiger partial charge in [-0.3, -0.25) is 0 Å². The molecule has 0 bridgehead atoms. The molecule has 3 rings (SSSR count). The van der Waals surface area contributed by atoms with E-state index >= 15 is 0 Å². The molecule has 1 aliphatic rings. The lowest BCUT2D eigenvalue weighted by molar-refractivity contribution is 0.302. The van der Waals surface area contributed by atoms with Gasteiger partial charge in [-0.1, -0.05) is 94.8 Å². The van der Waals surface area contributed by atoms with Crippen LogP contribution in [0.25, 0.3) is 0 Å². The van der Waals surface area contributed by atoms with E-state index in [0.717, 1.165) is 41.7 Å². The number of allylic oxidation sites excluding steroid dienone is 1. The van der Waals surface area contributed by atoms with Crippen molar-refractivity contribution in [3.05, 3.63) is 77.9 Å². The Kier molecular flexibility index (Phi) is 14.1. The third-order valence-corrected chi connectivity index (χ3v) is 7.97. The largest absolute Gasteiger partial charge is 0.494 e. The molecule has 2 aromatic rings. The fourth-order valence-corrected chi connectivity index (χ4v) is 5.55. The molecule has 0 aliphatic heterocycles. The van der Waals surface area contributed by atoms with Gasteiger partial charge in [-0.25, -0.2) is 0 Å². The normalized spacial score (nSPS) is 17.1. The molecule has 0 unspecified atom stereocenters. The molecule has 1 nitrogen and oxygen atoms in total. The number of unbranched alkanes of at least 4 members (excludes halogenated alkanes) is 9. The fourth-order valence-electron chi connectivity index (χ4n) is 5.55. The summed E-state index contributed by atoms with van der Waals surface area (Å²) in [6, 6.07) is 17.3. The maximum atomic E-state index is 5.87. The van der Waals surface area contributed by atoms with Crippen LogP contribution in [0.5, 0.6) is 5.75 Å². The van der Waals surface area contributed by atoms with Crippen LogP contribution < -0.4 is 4.74 Å². The second-order valence-electron chi connectivity index (χ2n) is 11.0.